The molecule has 2 N–H and O–H groups in total. The van der Waals surface area contributed by atoms with E-state index in [1.807, 2.05) is 54.9 Å². The molecular formula is C22H22N6O. The minimum Gasteiger partial charge on any atom is -0.495 e. The van der Waals surface area contributed by atoms with Crippen molar-refractivity contribution in [1.82, 2.24) is 25.4 Å². The monoisotopic (exact) mass is 386 g/mol. The number of fused-ring (bicyclic) bond motifs is 1. The summed E-state index contributed by atoms with van der Waals surface area (Å²) in [5.74, 6) is 1.61. The van der Waals surface area contributed by atoms with Crippen LogP contribution >= 0.6 is 0 Å². The standard InChI is InChI=1S/C22H22N6O/c1-29-19-4-2-11-23-21(19)22(9-3-10-22)14-24-20-8-7-17(27-28-20)15-5-6-16-13-25-26-18(16)12-15/h2,4-8,11-13H,3,9-10,14H2,1H3,(H,24,28)(H,25,26). The van der Waals surface area contributed by atoms with E-state index in [9.17, 15) is 0 Å². The zero-order valence-corrected chi connectivity index (χ0v) is 16.2. The highest BCUT2D eigenvalue weighted by Gasteiger charge is 2.42. The summed E-state index contributed by atoms with van der Waals surface area (Å²) >= 11 is 0. The molecule has 0 amide bonds. The van der Waals surface area contributed by atoms with Gasteiger partial charge in [-0.25, -0.2) is 0 Å². The third-order valence-electron chi connectivity index (χ3n) is 5.81. The van der Waals surface area contributed by atoms with Gasteiger partial charge in [-0.1, -0.05) is 18.6 Å². The SMILES string of the molecule is COc1cccnc1C1(CNc2ccc(-c3ccc4cn[nH]c4c3)nn2)CCC1. The molecule has 1 saturated carbocycles. The largest absolute Gasteiger partial charge is 0.495 e. The van der Waals surface area contributed by atoms with E-state index in [-0.39, 0.29) is 5.41 Å². The summed E-state index contributed by atoms with van der Waals surface area (Å²) in [5, 5.41) is 20.4. The van der Waals surface area contributed by atoms with Crippen LogP contribution in [0.4, 0.5) is 5.82 Å². The molecule has 0 saturated heterocycles. The van der Waals surface area contributed by atoms with Crippen molar-refractivity contribution >= 4 is 16.7 Å². The predicted molar refractivity (Wildman–Crippen MR) is 112 cm³/mol. The van der Waals surface area contributed by atoms with Crippen molar-refractivity contribution in [1.29, 1.82) is 0 Å². The summed E-state index contributed by atoms with van der Waals surface area (Å²) in [6.07, 6.45) is 7.02. The van der Waals surface area contributed by atoms with Crippen LogP contribution in [0.3, 0.4) is 0 Å². The van der Waals surface area contributed by atoms with Crippen LogP contribution in [0.2, 0.25) is 0 Å². The van der Waals surface area contributed by atoms with Crippen LogP contribution in [0.5, 0.6) is 5.75 Å². The number of hydrogen-bond acceptors (Lipinski definition) is 6. The van der Waals surface area contributed by atoms with Crippen LogP contribution in [0, 0.1) is 0 Å². The molecule has 3 heterocycles. The Hall–Kier alpha value is -3.48. The van der Waals surface area contributed by atoms with Gasteiger partial charge in [0, 0.05) is 29.1 Å². The number of methoxy groups -OCH3 is 1. The first-order valence-electron chi connectivity index (χ1n) is 9.78. The van der Waals surface area contributed by atoms with E-state index in [2.05, 4.69) is 30.7 Å². The highest BCUT2D eigenvalue weighted by Crippen LogP contribution is 2.46. The van der Waals surface area contributed by atoms with Gasteiger partial charge in [-0.3, -0.25) is 10.1 Å². The molecule has 1 fully saturated rings. The molecule has 4 aromatic rings. The van der Waals surface area contributed by atoms with Gasteiger partial charge in [0.1, 0.15) is 11.6 Å². The fourth-order valence-electron chi connectivity index (χ4n) is 3.99. The van der Waals surface area contributed by atoms with Crippen LogP contribution < -0.4 is 10.1 Å². The molecule has 1 aromatic carbocycles. The fraction of sp³-hybridized carbons (Fsp3) is 0.273. The Bertz CT molecular complexity index is 1130. The highest BCUT2D eigenvalue weighted by molar-refractivity contribution is 5.83. The Labute approximate surface area is 168 Å². The number of rotatable bonds is 6. The third-order valence-corrected chi connectivity index (χ3v) is 5.81. The van der Waals surface area contributed by atoms with Crippen molar-refractivity contribution in [3.05, 3.63) is 60.6 Å². The Balaban J connectivity index is 1.33. The van der Waals surface area contributed by atoms with Crippen LogP contribution in [0.15, 0.2) is 54.9 Å². The molecule has 0 aliphatic heterocycles. The van der Waals surface area contributed by atoms with Crippen molar-refractivity contribution in [2.45, 2.75) is 24.7 Å². The number of benzene rings is 1. The number of aromatic nitrogens is 5. The predicted octanol–water partition coefficient (Wildman–Crippen LogP) is 3.96. The maximum atomic E-state index is 5.54. The van der Waals surface area contributed by atoms with Gasteiger partial charge in [0.15, 0.2) is 0 Å². The van der Waals surface area contributed by atoms with Crippen LogP contribution in [-0.2, 0) is 5.41 Å². The summed E-state index contributed by atoms with van der Waals surface area (Å²) in [6, 6.07) is 14.0. The van der Waals surface area contributed by atoms with Crippen LogP contribution in [-0.4, -0.2) is 39.0 Å². The summed E-state index contributed by atoms with van der Waals surface area (Å²) in [7, 11) is 1.70. The topological polar surface area (TPSA) is 88.6 Å². The molecule has 0 radical (unpaired) electrons. The first kappa shape index (κ1) is 17.6. The summed E-state index contributed by atoms with van der Waals surface area (Å²) in [6.45, 7) is 0.758. The molecule has 7 heteroatoms. The van der Waals surface area contributed by atoms with Crippen molar-refractivity contribution in [2.75, 3.05) is 19.0 Å². The van der Waals surface area contributed by atoms with Gasteiger partial charge < -0.3 is 10.1 Å². The highest BCUT2D eigenvalue weighted by atomic mass is 16.5. The zero-order chi connectivity index (χ0) is 19.7. The molecule has 0 bridgehead atoms. The lowest BCUT2D eigenvalue weighted by molar-refractivity contribution is 0.242. The van der Waals surface area contributed by atoms with E-state index in [1.165, 1.54) is 6.42 Å². The van der Waals surface area contributed by atoms with Crippen molar-refractivity contribution < 1.29 is 4.74 Å². The second kappa shape index (κ2) is 7.16. The smallest absolute Gasteiger partial charge is 0.148 e. The molecule has 146 valence electrons. The van der Waals surface area contributed by atoms with E-state index >= 15 is 0 Å². The first-order valence-corrected chi connectivity index (χ1v) is 9.78. The van der Waals surface area contributed by atoms with Crippen molar-refractivity contribution in [3.8, 4) is 17.0 Å². The Kier molecular flexibility index (Phi) is 4.35. The summed E-state index contributed by atoms with van der Waals surface area (Å²) in [5.41, 5.74) is 3.84. The van der Waals surface area contributed by atoms with Crippen molar-refractivity contribution in [2.24, 2.45) is 0 Å². The average molecular weight is 386 g/mol. The Morgan fingerprint density at radius 1 is 1.14 bits per heavy atom. The molecule has 0 spiro atoms. The van der Waals surface area contributed by atoms with Gasteiger partial charge in [0.25, 0.3) is 0 Å². The maximum Gasteiger partial charge on any atom is 0.148 e. The number of H-pyrrole nitrogens is 1. The molecule has 3 aromatic heterocycles. The maximum absolute atomic E-state index is 5.54. The number of ether oxygens (including phenoxy) is 1. The minimum atomic E-state index is -0.0153. The molecule has 0 unspecified atom stereocenters. The lowest BCUT2D eigenvalue weighted by Gasteiger charge is -2.42. The number of nitrogens with zero attached hydrogens (tertiary/aromatic N) is 4. The van der Waals surface area contributed by atoms with E-state index < -0.39 is 0 Å². The second-order valence-electron chi connectivity index (χ2n) is 7.52. The number of nitrogens with one attached hydrogen (secondary N) is 2. The quantitative estimate of drug-likeness (QED) is 0.521. The molecule has 5 rings (SSSR count). The van der Waals surface area contributed by atoms with Crippen LogP contribution in [0.1, 0.15) is 25.0 Å². The Morgan fingerprint density at radius 2 is 2.07 bits per heavy atom. The number of hydrogen-bond donors (Lipinski definition) is 2. The van der Waals surface area contributed by atoms with Gasteiger partial charge in [-0.2, -0.15) is 5.10 Å². The molecule has 29 heavy (non-hydrogen) atoms. The molecular weight excluding hydrogens is 364 g/mol. The Morgan fingerprint density at radius 3 is 2.83 bits per heavy atom. The molecule has 1 aliphatic carbocycles. The molecule has 1 aliphatic rings. The summed E-state index contributed by atoms with van der Waals surface area (Å²) < 4.78 is 5.54. The van der Waals surface area contributed by atoms with Gasteiger partial charge in [0.2, 0.25) is 0 Å². The van der Waals surface area contributed by atoms with Gasteiger partial charge in [-0.05, 0) is 43.2 Å². The fourth-order valence-corrected chi connectivity index (χ4v) is 3.99. The van der Waals surface area contributed by atoms with Crippen molar-refractivity contribution in [3.63, 3.8) is 0 Å². The zero-order valence-electron chi connectivity index (χ0n) is 16.2. The van der Waals surface area contributed by atoms with Gasteiger partial charge in [0.05, 0.1) is 30.2 Å². The van der Waals surface area contributed by atoms with Gasteiger partial charge in [-0.15, -0.1) is 10.2 Å². The minimum absolute atomic E-state index is 0.0153. The lowest BCUT2D eigenvalue weighted by Crippen LogP contribution is -2.42. The van der Waals surface area contributed by atoms with E-state index in [0.29, 0.717) is 0 Å². The summed E-state index contributed by atoms with van der Waals surface area (Å²) in [4.78, 5) is 4.62. The second-order valence-corrected chi connectivity index (χ2v) is 7.52. The average Bonchev–Trinajstić information content (AvgIpc) is 3.22. The lowest BCUT2D eigenvalue weighted by atomic mass is 9.66. The van der Waals surface area contributed by atoms with E-state index in [0.717, 1.165) is 58.8 Å². The number of pyridine rings is 1. The van der Waals surface area contributed by atoms with E-state index in [1.54, 1.807) is 7.11 Å². The number of anilines is 1. The molecule has 7 nitrogen and oxygen atoms in total. The number of aromatic amines is 1. The third kappa shape index (κ3) is 3.18. The first-order chi connectivity index (χ1) is 14.3. The van der Waals surface area contributed by atoms with Crippen LogP contribution in [0.25, 0.3) is 22.2 Å². The normalized spacial score (nSPS) is 15.1. The van der Waals surface area contributed by atoms with Gasteiger partial charge >= 0.3 is 0 Å². The molecule has 0 atom stereocenters. The van der Waals surface area contributed by atoms with E-state index in [4.69, 9.17) is 4.74 Å².